The van der Waals surface area contributed by atoms with Gasteiger partial charge in [-0.15, -0.1) is 0 Å². The lowest BCUT2D eigenvalue weighted by atomic mass is 10.0. The molecule has 0 fully saturated rings. The predicted molar refractivity (Wildman–Crippen MR) is 126 cm³/mol. The average molecular weight is 427 g/mol. The molecule has 0 saturated heterocycles. The molecular formula is C27H26N2O3. The summed E-state index contributed by atoms with van der Waals surface area (Å²) in [7, 11) is 1.57. The highest BCUT2D eigenvalue weighted by Crippen LogP contribution is 2.38. The topological polar surface area (TPSA) is 49.9 Å². The first-order valence-electron chi connectivity index (χ1n) is 10.7. The van der Waals surface area contributed by atoms with Crippen LogP contribution in [0, 0.1) is 6.92 Å². The van der Waals surface area contributed by atoms with E-state index in [1.165, 1.54) is 4.90 Å². The van der Waals surface area contributed by atoms with E-state index in [4.69, 9.17) is 4.74 Å². The van der Waals surface area contributed by atoms with Crippen LogP contribution in [0.25, 0.3) is 5.57 Å². The van der Waals surface area contributed by atoms with E-state index in [9.17, 15) is 9.59 Å². The van der Waals surface area contributed by atoms with Gasteiger partial charge in [-0.05, 0) is 37.6 Å². The zero-order valence-electron chi connectivity index (χ0n) is 18.5. The fourth-order valence-electron chi connectivity index (χ4n) is 3.99. The number of hydrogen-bond donors (Lipinski definition) is 0. The first kappa shape index (κ1) is 21.4. The highest BCUT2D eigenvalue weighted by atomic mass is 16.5. The van der Waals surface area contributed by atoms with Gasteiger partial charge in [0, 0.05) is 18.7 Å². The van der Waals surface area contributed by atoms with Crippen LogP contribution in [0.15, 0.2) is 84.6 Å². The normalized spacial score (nSPS) is 13.7. The van der Waals surface area contributed by atoms with Crippen molar-refractivity contribution in [2.45, 2.75) is 20.4 Å². The quantitative estimate of drug-likeness (QED) is 0.509. The summed E-state index contributed by atoms with van der Waals surface area (Å²) in [5.74, 6) is -0.106. The lowest BCUT2D eigenvalue weighted by molar-refractivity contribution is -0.120. The molecule has 3 aromatic carbocycles. The molecule has 1 aliphatic rings. The summed E-state index contributed by atoms with van der Waals surface area (Å²) in [6, 6.07) is 24.7. The van der Waals surface area contributed by atoms with Crippen LogP contribution in [0.5, 0.6) is 5.75 Å². The predicted octanol–water partition coefficient (Wildman–Crippen LogP) is 4.81. The summed E-state index contributed by atoms with van der Waals surface area (Å²) < 4.78 is 5.54. The number of amides is 2. The molecule has 5 nitrogen and oxygen atoms in total. The van der Waals surface area contributed by atoms with Crippen molar-refractivity contribution in [1.82, 2.24) is 4.90 Å². The van der Waals surface area contributed by atoms with Gasteiger partial charge in [0.1, 0.15) is 11.4 Å². The molecule has 0 aliphatic carbocycles. The van der Waals surface area contributed by atoms with Crippen LogP contribution in [-0.4, -0.2) is 30.4 Å². The fraction of sp³-hybridized carbons (Fsp3) is 0.185. The minimum atomic E-state index is -0.343. The van der Waals surface area contributed by atoms with E-state index in [1.807, 2.05) is 79.4 Å². The summed E-state index contributed by atoms with van der Waals surface area (Å²) in [6.07, 6.45) is 0. The van der Waals surface area contributed by atoms with E-state index in [0.717, 1.165) is 11.1 Å². The average Bonchev–Trinajstić information content (AvgIpc) is 3.08. The second kappa shape index (κ2) is 9.10. The third-order valence-electron chi connectivity index (χ3n) is 5.64. The zero-order chi connectivity index (χ0) is 22.7. The second-order valence-electron chi connectivity index (χ2n) is 7.70. The molecular weight excluding hydrogens is 400 g/mol. The fourth-order valence-corrected chi connectivity index (χ4v) is 3.99. The van der Waals surface area contributed by atoms with Crippen molar-refractivity contribution in [3.63, 3.8) is 0 Å². The first-order valence-corrected chi connectivity index (χ1v) is 10.7. The van der Waals surface area contributed by atoms with Gasteiger partial charge in [0.2, 0.25) is 0 Å². The van der Waals surface area contributed by atoms with E-state index < -0.39 is 0 Å². The monoisotopic (exact) mass is 426 g/mol. The van der Waals surface area contributed by atoms with Gasteiger partial charge in [0.05, 0.1) is 18.4 Å². The SMILES string of the molecule is CCN(Cc1ccccc1)C1=C(c2ccccc2OC)C(=O)N(c2ccc(C)cc2)C1=O. The molecule has 0 atom stereocenters. The Morgan fingerprint density at radius 1 is 0.844 bits per heavy atom. The lowest BCUT2D eigenvalue weighted by Crippen LogP contribution is -2.35. The van der Waals surface area contributed by atoms with Gasteiger partial charge in [-0.3, -0.25) is 9.59 Å². The van der Waals surface area contributed by atoms with Crippen LogP contribution in [0.2, 0.25) is 0 Å². The molecule has 1 aliphatic heterocycles. The first-order chi connectivity index (χ1) is 15.5. The summed E-state index contributed by atoms with van der Waals surface area (Å²) in [5.41, 5.74) is 4.06. The van der Waals surface area contributed by atoms with Crippen LogP contribution in [-0.2, 0) is 16.1 Å². The number of anilines is 1. The third kappa shape index (κ3) is 3.89. The van der Waals surface area contributed by atoms with Gasteiger partial charge >= 0.3 is 0 Å². The van der Waals surface area contributed by atoms with Gasteiger partial charge in [-0.1, -0.05) is 66.2 Å². The highest BCUT2D eigenvalue weighted by molar-refractivity contribution is 6.45. The van der Waals surface area contributed by atoms with E-state index in [-0.39, 0.29) is 11.8 Å². The molecule has 0 radical (unpaired) electrons. The molecule has 1 heterocycles. The Labute approximate surface area is 188 Å². The largest absolute Gasteiger partial charge is 0.496 e. The molecule has 162 valence electrons. The van der Waals surface area contributed by atoms with E-state index in [1.54, 1.807) is 25.3 Å². The summed E-state index contributed by atoms with van der Waals surface area (Å²) in [6.45, 7) is 5.05. The number of benzene rings is 3. The van der Waals surface area contributed by atoms with E-state index in [0.29, 0.717) is 41.4 Å². The number of imide groups is 1. The zero-order valence-corrected chi connectivity index (χ0v) is 18.5. The van der Waals surface area contributed by atoms with Crippen molar-refractivity contribution >= 4 is 23.1 Å². The van der Waals surface area contributed by atoms with Crippen molar-refractivity contribution in [3.05, 3.63) is 101 Å². The molecule has 0 spiro atoms. The maximum absolute atomic E-state index is 13.7. The van der Waals surface area contributed by atoms with Crippen LogP contribution >= 0.6 is 0 Å². The Morgan fingerprint density at radius 3 is 2.16 bits per heavy atom. The van der Waals surface area contributed by atoms with Gasteiger partial charge < -0.3 is 9.64 Å². The number of methoxy groups -OCH3 is 1. The third-order valence-corrected chi connectivity index (χ3v) is 5.64. The number of para-hydroxylation sites is 1. The molecule has 2 amide bonds. The maximum Gasteiger partial charge on any atom is 0.282 e. The standard InChI is InChI=1S/C27H26N2O3/c1-4-28(18-20-10-6-5-7-11-20)25-24(22-12-8-9-13-23(22)32-3)26(30)29(27(25)31)21-16-14-19(2)15-17-21/h5-17H,4,18H2,1-3H3. The number of carbonyl (C=O) groups excluding carboxylic acids is 2. The molecule has 4 rings (SSSR count). The summed E-state index contributed by atoms with van der Waals surface area (Å²) in [5, 5.41) is 0. The molecule has 0 N–H and O–H groups in total. The van der Waals surface area contributed by atoms with Gasteiger partial charge in [0.15, 0.2) is 0 Å². The smallest absolute Gasteiger partial charge is 0.282 e. The Morgan fingerprint density at radius 2 is 1.50 bits per heavy atom. The van der Waals surface area contributed by atoms with Crippen molar-refractivity contribution in [3.8, 4) is 5.75 Å². The second-order valence-corrected chi connectivity index (χ2v) is 7.70. The summed E-state index contributed by atoms with van der Waals surface area (Å²) >= 11 is 0. The minimum absolute atomic E-state index is 0.322. The van der Waals surface area contributed by atoms with Crippen molar-refractivity contribution < 1.29 is 14.3 Å². The Bertz CT molecular complexity index is 1170. The molecule has 3 aromatic rings. The minimum Gasteiger partial charge on any atom is -0.496 e. The Hall–Kier alpha value is -3.86. The molecule has 0 bridgehead atoms. The molecule has 0 aromatic heterocycles. The van der Waals surface area contributed by atoms with Crippen molar-refractivity contribution in [2.75, 3.05) is 18.6 Å². The molecule has 0 saturated carbocycles. The lowest BCUT2D eigenvalue weighted by Gasteiger charge is -2.25. The van der Waals surface area contributed by atoms with Crippen LogP contribution < -0.4 is 9.64 Å². The maximum atomic E-state index is 13.7. The number of ether oxygens (including phenoxy) is 1. The Kier molecular flexibility index (Phi) is 6.08. The molecule has 0 unspecified atom stereocenters. The van der Waals surface area contributed by atoms with Gasteiger partial charge in [-0.2, -0.15) is 0 Å². The highest BCUT2D eigenvalue weighted by Gasteiger charge is 2.43. The number of likely N-dealkylation sites (N-methyl/N-ethyl adjacent to an activating group) is 1. The summed E-state index contributed by atoms with van der Waals surface area (Å²) in [4.78, 5) is 30.7. The van der Waals surface area contributed by atoms with E-state index >= 15 is 0 Å². The molecule has 5 heteroatoms. The Balaban J connectivity index is 1.86. The van der Waals surface area contributed by atoms with Crippen molar-refractivity contribution in [1.29, 1.82) is 0 Å². The van der Waals surface area contributed by atoms with Gasteiger partial charge in [0.25, 0.3) is 11.8 Å². The number of hydrogen-bond acceptors (Lipinski definition) is 4. The number of rotatable bonds is 7. The number of carbonyl (C=O) groups is 2. The number of nitrogens with zero attached hydrogens (tertiary/aromatic N) is 2. The van der Waals surface area contributed by atoms with Crippen LogP contribution in [0.3, 0.4) is 0 Å². The van der Waals surface area contributed by atoms with Crippen molar-refractivity contribution in [2.24, 2.45) is 0 Å². The van der Waals surface area contributed by atoms with Gasteiger partial charge in [-0.25, -0.2) is 4.90 Å². The molecule has 32 heavy (non-hydrogen) atoms. The van der Waals surface area contributed by atoms with Crippen LogP contribution in [0.1, 0.15) is 23.6 Å². The van der Waals surface area contributed by atoms with E-state index in [2.05, 4.69) is 0 Å². The number of aryl methyl sites for hydroxylation is 1. The van der Waals surface area contributed by atoms with Crippen LogP contribution in [0.4, 0.5) is 5.69 Å².